The van der Waals surface area contributed by atoms with E-state index in [0.29, 0.717) is 30.4 Å². The molecule has 0 fully saturated rings. The SMILES string of the molecule is CNC(=O)CN(c1cccc(C)c1)S(=O)(=O)c1ccc2c(c1)OCCO2. The summed E-state index contributed by atoms with van der Waals surface area (Å²) < 4.78 is 38.5. The van der Waals surface area contributed by atoms with Gasteiger partial charge in [0.2, 0.25) is 5.91 Å². The fourth-order valence-electron chi connectivity index (χ4n) is 2.62. The largest absolute Gasteiger partial charge is 0.486 e. The van der Waals surface area contributed by atoms with Crippen LogP contribution >= 0.6 is 0 Å². The molecule has 8 heteroatoms. The second kappa shape index (κ2) is 7.25. The molecule has 0 unspecified atom stereocenters. The Morgan fingerprint density at radius 1 is 1.12 bits per heavy atom. The standard InChI is InChI=1S/C18H20N2O5S/c1-13-4-3-5-14(10-13)20(12-18(21)19-2)26(22,23)15-6-7-16-17(11-15)25-9-8-24-16/h3-7,10-11H,8-9,12H2,1-2H3,(H,19,21). The molecule has 2 aromatic rings. The summed E-state index contributed by atoms with van der Waals surface area (Å²) in [4.78, 5) is 12.0. The van der Waals surface area contributed by atoms with Crippen LogP contribution in [0.25, 0.3) is 0 Å². The van der Waals surface area contributed by atoms with Gasteiger partial charge in [-0.3, -0.25) is 9.10 Å². The molecule has 138 valence electrons. The van der Waals surface area contributed by atoms with E-state index in [2.05, 4.69) is 5.32 Å². The predicted molar refractivity (Wildman–Crippen MR) is 97.2 cm³/mol. The van der Waals surface area contributed by atoms with Crippen LogP contribution in [0.2, 0.25) is 0 Å². The maximum atomic E-state index is 13.2. The predicted octanol–water partition coefficient (Wildman–Crippen LogP) is 1.71. The summed E-state index contributed by atoms with van der Waals surface area (Å²) in [6, 6.07) is 11.4. The van der Waals surface area contributed by atoms with Gasteiger partial charge in [0.15, 0.2) is 11.5 Å². The van der Waals surface area contributed by atoms with E-state index in [1.165, 1.54) is 19.2 Å². The van der Waals surface area contributed by atoms with Gasteiger partial charge in [0.25, 0.3) is 10.0 Å². The molecule has 0 atom stereocenters. The Balaban J connectivity index is 2.05. The molecule has 3 rings (SSSR count). The molecule has 0 bridgehead atoms. The maximum Gasteiger partial charge on any atom is 0.264 e. The minimum atomic E-state index is -3.97. The Morgan fingerprint density at radius 3 is 2.54 bits per heavy atom. The van der Waals surface area contributed by atoms with Crippen molar-refractivity contribution < 1.29 is 22.7 Å². The molecular formula is C18H20N2O5S. The lowest BCUT2D eigenvalue weighted by molar-refractivity contribution is -0.119. The number of sulfonamides is 1. The summed E-state index contributed by atoms with van der Waals surface area (Å²) in [6.45, 7) is 2.32. The van der Waals surface area contributed by atoms with E-state index in [0.717, 1.165) is 9.87 Å². The Hall–Kier alpha value is -2.74. The summed E-state index contributed by atoms with van der Waals surface area (Å²) in [5.74, 6) is 0.470. The normalized spacial score (nSPS) is 13.2. The van der Waals surface area contributed by atoms with Crippen molar-refractivity contribution in [1.29, 1.82) is 0 Å². The first-order valence-corrected chi connectivity index (χ1v) is 9.55. The Labute approximate surface area is 152 Å². The monoisotopic (exact) mass is 376 g/mol. The molecule has 1 aliphatic heterocycles. The van der Waals surface area contributed by atoms with Crippen molar-refractivity contribution in [2.24, 2.45) is 0 Å². The molecule has 1 heterocycles. The zero-order valence-electron chi connectivity index (χ0n) is 14.6. The van der Waals surface area contributed by atoms with E-state index in [1.807, 2.05) is 13.0 Å². The molecule has 0 spiro atoms. The first-order valence-electron chi connectivity index (χ1n) is 8.11. The number of carbonyl (C=O) groups is 1. The molecule has 1 aliphatic rings. The van der Waals surface area contributed by atoms with Crippen molar-refractivity contribution >= 4 is 21.6 Å². The van der Waals surface area contributed by atoms with Crippen LogP contribution in [0.15, 0.2) is 47.4 Å². The third kappa shape index (κ3) is 3.60. The van der Waals surface area contributed by atoms with Gasteiger partial charge in [-0.2, -0.15) is 0 Å². The van der Waals surface area contributed by atoms with Gasteiger partial charge in [0, 0.05) is 13.1 Å². The minimum absolute atomic E-state index is 0.0344. The number of benzene rings is 2. The van der Waals surface area contributed by atoms with Crippen LogP contribution in [0.4, 0.5) is 5.69 Å². The van der Waals surface area contributed by atoms with Gasteiger partial charge in [-0.1, -0.05) is 12.1 Å². The van der Waals surface area contributed by atoms with Crippen molar-refractivity contribution in [1.82, 2.24) is 5.32 Å². The van der Waals surface area contributed by atoms with Gasteiger partial charge >= 0.3 is 0 Å². The van der Waals surface area contributed by atoms with Crippen molar-refractivity contribution in [2.75, 3.05) is 31.1 Å². The molecule has 1 N–H and O–H groups in total. The molecule has 7 nitrogen and oxygen atoms in total. The highest BCUT2D eigenvalue weighted by atomic mass is 32.2. The summed E-state index contributed by atoms with van der Waals surface area (Å²) in [6.07, 6.45) is 0. The lowest BCUT2D eigenvalue weighted by Crippen LogP contribution is -2.39. The van der Waals surface area contributed by atoms with Crippen LogP contribution < -0.4 is 19.1 Å². The third-order valence-electron chi connectivity index (χ3n) is 3.96. The first-order chi connectivity index (χ1) is 12.4. The van der Waals surface area contributed by atoms with Crippen molar-refractivity contribution in [3.05, 3.63) is 48.0 Å². The molecule has 0 saturated carbocycles. The van der Waals surface area contributed by atoms with Gasteiger partial charge in [0.1, 0.15) is 19.8 Å². The number of hydrogen-bond donors (Lipinski definition) is 1. The number of carbonyl (C=O) groups excluding carboxylic acids is 1. The zero-order valence-corrected chi connectivity index (χ0v) is 15.4. The fraction of sp³-hybridized carbons (Fsp3) is 0.278. The number of amides is 1. The lowest BCUT2D eigenvalue weighted by Gasteiger charge is -2.25. The number of anilines is 1. The third-order valence-corrected chi connectivity index (χ3v) is 5.73. The average molecular weight is 376 g/mol. The lowest BCUT2D eigenvalue weighted by atomic mass is 10.2. The average Bonchev–Trinajstić information content (AvgIpc) is 2.65. The van der Waals surface area contributed by atoms with Crippen LogP contribution in [0.1, 0.15) is 5.56 Å². The number of nitrogens with zero attached hydrogens (tertiary/aromatic N) is 1. The number of fused-ring (bicyclic) bond motifs is 1. The highest BCUT2D eigenvalue weighted by molar-refractivity contribution is 7.92. The first kappa shape index (κ1) is 18.1. The molecule has 0 aliphatic carbocycles. The quantitative estimate of drug-likeness (QED) is 0.859. The Morgan fingerprint density at radius 2 is 1.85 bits per heavy atom. The number of hydrogen-bond acceptors (Lipinski definition) is 5. The van der Waals surface area contributed by atoms with Crippen LogP contribution in [-0.4, -0.2) is 41.1 Å². The molecule has 0 aromatic heterocycles. The second-order valence-electron chi connectivity index (χ2n) is 5.83. The highest BCUT2D eigenvalue weighted by Gasteiger charge is 2.28. The van der Waals surface area contributed by atoms with Crippen molar-refractivity contribution in [3.63, 3.8) is 0 Å². The molecule has 26 heavy (non-hydrogen) atoms. The minimum Gasteiger partial charge on any atom is -0.486 e. The summed E-state index contributed by atoms with van der Waals surface area (Å²) in [5.41, 5.74) is 1.31. The number of aryl methyl sites for hydroxylation is 1. The smallest absolute Gasteiger partial charge is 0.264 e. The zero-order chi connectivity index (χ0) is 18.7. The molecule has 2 aromatic carbocycles. The van der Waals surface area contributed by atoms with Gasteiger partial charge in [0.05, 0.1) is 10.6 Å². The summed E-state index contributed by atoms with van der Waals surface area (Å²) in [7, 11) is -2.51. The topological polar surface area (TPSA) is 84.9 Å². The molecule has 0 saturated heterocycles. The van der Waals surface area contributed by atoms with Gasteiger partial charge in [-0.05, 0) is 36.8 Å². The van der Waals surface area contributed by atoms with E-state index in [1.54, 1.807) is 24.3 Å². The van der Waals surface area contributed by atoms with Crippen LogP contribution in [-0.2, 0) is 14.8 Å². The van der Waals surface area contributed by atoms with E-state index >= 15 is 0 Å². The Bertz CT molecular complexity index is 927. The van der Waals surface area contributed by atoms with E-state index < -0.39 is 15.9 Å². The van der Waals surface area contributed by atoms with E-state index in [9.17, 15) is 13.2 Å². The summed E-state index contributed by atoms with van der Waals surface area (Å²) in [5, 5.41) is 2.46. The summed E-state index contributed by atoms with van der Waals surface area (Å²) >= 11 is 0. The second-order valence-corrected chi connectivity index (χ2v) is 7.69. The van der Waals surface area contributed by atoms with E-state index in [-0.39, 0.29) is 11.4 Å². The van der Waals surface area contributed by atoms with E-state index in [4.69, 9.17) is 9.47 Å². The number of rotatable bonds is 5. The van der Waals surface area contributed by atoms with Crippen LogP contribution in [0, 0.1) is 6.92 Å². The van der Waals surface area contributed by atoms with Crippen LogP contribution in [0.3, 0.4) is 0 Å². The van der Waals surface area contributed by atoms with Gasteiger partial charge in [-0.15, -0.1) is 0 Å². The number of ether oxygens (including phenoxy) is 2. The molecular weight excluding hydrogens is 356 g/mol. The maximum absolute atomic E-state index is 13.2. The molecule has 1 amide bonds. The molecule has 0 radical (unpaired) electrons. The number of likely N-dealkylation sites (N-methyl/N-ethyl adjacent to an activating group) is 1. The fourth-order valence-corrected chi connectivity index (χ4v) is 4.05. The van der Waals surface area contributed by atoms with Crippen molar-refractivity contribution in [3.8, 4) is 11.5 Å². The van der Waals surface area contributed by atoms with Gasteiger partial charge < -0.3 is 14.8 Å². The van der Waals surface area contributed by atoms with Crippen molar-refractivity contribution in [2.45, 2.75) is 11.8 Å². The van der Waals surface area contributed by atoms with Gasteiger partial charge in [-0.25, -0.2) is 8.42 Å². The Kier molecular flexibility index (Phi) is 5.03. The van der Waals surface area contributed by atoms with Crippen LogP contribution in [0.5, 0.6) is 11.5 Å². The highest BCUT2D eigenvalue weighted by Crippen LogP contribution is 2.34. The number of nitrogens with one attached hydrogen (secondary N) is 1.